The highest BCUT2D eigenvalue weighted by molar-refractivity contribution is 6.36. The summed E-state index contributed by atoms with van der Waals surface area (Å²) in [4.78, 5) is 83.1. The van der Waals surface area contributed by atoms with Crippen LogP contribution in [0, 0.1) is 11.3 Å². The van der Waals surface area contributed by atoms with E-state index < -0.39 is 59.2 Å². The van der Waals surface area contributed by atoms with E-state index in [4.69, 9.17) is 9.47 Å². The van der Waals surface area contributed by atoms with Gasteiger partial charge >= 0.3 is 0 Å². The van der Waals surface area contributed by atoms with Gasteiger partial charge in [-0.3, -0.25) is 38.6 Å². The summed E-state index contributed by atoms with van der Waals surface area (Å²) in [5.74, 6) is -3.37. The Bertz CT molecular complexity index is 1540. The Morgan fingerprint density at radius 2 is 1.43 bits per heavy atom. The number of amides is 1. The van der Waals surface area contributed by atoms with Crippen LogP contribution >= 0.6 is 0 Å². The van der Waals surface area contributed by atoms with Gasteiger partial charge in [0, 0.05) is 58.5 Å². The summed E-state index contributed by atoms with van der Waals surface area (Å²) in [7, 11) is 4.39. The number of methoxy groups -OCH3 is 2. The normalized spacial score (nSPS) is 29.7. The van der Waals surface area contributed by atoms with Gasteiger partial charge in [-0.25, -0.2) is 0 Å². The van der Waals surface area contributed by atoms with E-state index in [0.717, 1.165) is 0 Å². The van der Waals surface area contributed by atoms with Crippen molar-refractivity contribution in [2.45, 2.75) is 70.2 Å². The third-order valence-corrected chi connectivity index (χ3v) is 9.24. The summed E-state index contributed by atoms with van der Waals surface area (Å²) < 4.78 is 10.7. The molecule has 5 atom stereocenters. The molecule has 12 nitrogen and oxygen atoms in total. The predicted molar refractivity (Wildman–Crippen MR) is 145 cm³/mol. The summed E-state index contributed by atoms with van der Waals surface area (Å²) in [6.07, 6.45) is 0.0918. The summed E-state index contributed by atoms with van der Waals surface area (Å²) in [6, 6.07) is -1.51. The highest BCUT2D eigenvalue weighted by Crippen LogP contribution is 2.48. The van der Waals surface area contributed by atoms with Gasteiger partial charge < -0.3 is 14.8 Å². The second kappa shape index (κ2) is 10.6. The minimum absolute atomic E-state index is 0.00967. The molecular formula is C30H32N4O8. The second-order valence-electron chi connectivity index (χ2n) is 11.1. The van der Waals surface area contributed by atoms with Crippen molar-refractivity contribution < 1.29 is 38.2 Å². The summed E-state index contributed by atoms with van der Waals surface area (Å²) in [6.45, 7) is 4.34. The molecule has 0 spiro atoms. The van der Waals surface area contributed by atoms with E-state index in [1.165, 1.54) is 28.1 Å². The highest BCUT2D eigenvalue weighted by Gasteiger charge is 2.59. The maximum atomic E-state index is 13.8. The Balaban J connectivity index is 1.70. The largest absolute Gasteiger partial charge is 0.492 e. The number of ether oxygens (including phenoxy) is 2. The fourth-order valence-corrected chi connectivity index (χ4v) is 7.26. The Morgan fingerprint density at radius 1 is 0.905 bits per heavy atom. The summed E-state index contributed by atoms with van der Waals surface area (Å²) in [5, 5.41) is 13.1. The van der Waals surface area contributed by atoms with Gasteiger partial charge in [-0.15, -0.1) is 0 Å². The molecule has 42 heavy (non-hydrogen) atoms. The number of fused-ring (bicyclic) bond motifs is 5. The smallest absolute Gasteiger partial charge is 0.287 e. The van der Waals surface area contributed by atoms with E-state index in [0.29, 0.717) is 5.57 Å². The van der Waals surface area contributed by atoms with Gasteiger partial charge in [-0.1, -0.05) is 6.92 Å². The van der Waals surface area contributed by atoms with Crippen LogP contribution in [0.15, 0.2) is 45.0 Å². The van der Waals surface area contributed by atoms with Crippen molar-refractivity contribution in [2.24, 2.45) is 0 Å². The minimum Gasteiger partial charge on any atom is -0.492 e. The number of nitrogens with zero attached hydrogens (tertiary/aromatic N) is 3. The molecule has 3 aliphatic heterocycles. The molecule has 0 unspecified atom stereocenters. The Kier molecular flexibility index (Phi) is 7.37. The molecule has 2 aliphatic carbocycles. The van der Waals surface area contributed by atoms with E-state index in [1.54, 1.807) is 18.9 Å². The topological polar surface area (TPSA) is 163 Å². The summed E-state index contributed by atoms with van der Waals surface area (Å²) >= 11 is 0. The lowest BCUT2D eigenvalue weighted by Crippen LogP contribution is -2.74. The standard InChI is InChI=1S/C30H32N4O8/c1-7-20(35)30(40)32-11-19-21-14(24(36)12(2)28(41-5)26(21)38)9-17-23-22-15(25(37)13(3)29(42-6)27(22)39)8-16(33(23)4)18(10-31)34(17)19/h16-19,23H,7-9,11H2,1-6H3,(H,32,40)/t16-,17+,18-,19-,23-/m1/s1. The Labute approximate surface area is 242 Å². The molecule has 1 fully saturated rings. The van der Waals surface area contributed by atoms with Crippen molar-refractivity contribution in [1.82, 2.24) is 15.1 Å². The maximum Gasteiger partial charge on any atom is 0.287 e. The molecule has 3 heterocycles. The van der Waals surface area contributed by atoms with Gasteiger partial charge in [-0.05, 0) is 33.7 Å². The Morgan fingerprint density at radius 3 is 1.95 bits per heavy atom. The number of rotatable bonds is 6. The van der Waals surface area contributed by atoms with Gasteiger partial charge in [0.05, 0.1) is 32.4 Å². The molecule has 5 rings (SSSR count). The quantitative estimate of drug-likeness (QED) is 0.340. The lowest BCUT2D eigenvalue weighted by molar-refractivity contribution is -0.138. The summed E-state index contributed by atoms with van der Waals surface area (Å²) in [5.41, 5.74) is 1.20. The number of Topliss-reactive ketones (excluding diaryl/α,β-unsaturated/α-hetero) is 5. The van der Waals surface area contributed by atoms with Crippen LogP contribution in [0.25, 0.3) is 0 Å². The van der Waals surface area contributed by atoms with E-state index in [9.17, 15) is 34.0 Å². The zero-order chi connectivity index (χ0) is 30.8. The number of nitriles is 1. The molecule has 0 aromatic rings. The lowest BCUT2D eigenvalue weighted by atomic mass is 9.67. The number of hydrogen-bond acceptors (Lipinski definition) is 11. The van der Waals surface area contributed by atoms with Gasteiger partial charge in [0.15, 0.2) is 23.1 Å². The average Bonchev–Trinajstić information content (AvgIpc) is 2.97. The first-order valence-corrected chi connectivity index (χ1v) is 13.8. The molecule has 2 bridgehead atoms. The molecule has 0 saturated carbocycles. The van der Waals surface area contributed by atoms with Gasteiger partial charge in [0.1, 0.15) is 6.04 Å². The molecule has 12 heteroatoms. The van der Waals surface area contributed by atoms with Crippen LogP contribution in [-0.4, -0.2) is 103 Å². The fourth-order valence-electron chi connectivity index (χ4n) is 7.26. The van der Waals surface area contributed by atoms with Crippen LogP contribution in [0.4, 0.5) is 0 Å². The van der Waals surface area contributed by atoms with Crippen molar-refractivity contribution in [3.63, 3.8) is 0 Å². The fraction of sp³-hybridized carbons (Fsp3) is 0.500. The molecule has 0 radical (unpaired) electrons. The molecular weight excluding hydrogens is 544 g/mol. The first kappa shape index (κ1) is 29.3. The molecule has 1 saturated heterocycles. The molecule has 220 valence electrons. The number of ketones is 5. The lowest BCUT2D eigenvalue weighted by Gasteiger charge is -2.60. The van der Waals surface area contributed by atoms with E-state index >= 15 is 0 Å². The maximum absolute atomic E-state index is 13.8. The van der Waals surface area contributed by atoms with Crippen molar-refractivity contribution in [3.8, 4) is 6.07 Å². The molecule has 0 aromatic carbocycles. The molecule has 1 amide bonds. The zero-order valence-corrected chi connectivity index (χ0v) is 24.3. The van der Waals surface area contributed by atoms with Gasteiger partial charge in [-0.2, -0.15) is 5.26 Å². The number of allylic oxidation sites excluding steroid dienone is 4. The van der Waals surface area contributed by atoms with Crippen LogP contribution in [-0.2, 0) is 38.2 Å². The molecule has 5 aliphatic rings. The van der Waals surface area contributed by atoms with Crippen molar-refractivity contribution in [1.29, 1.82) is 5.26 Å². The SMILES string of the molecule is CCC(=O)C(=O)NC[C@@H]1C2=C(C[C@H]3[C@@H]4C5=C(C[C@H]([C@@H](C#N)N13)N4C)C(=O)C(C)=C(OC)C5=O)C(=O)C(C)=C(OC)C2=O. The average molecular weight is 577 g/mol. The zero-order valence-electron chi connectivity index (χ0n) is 24.3. The van der Waals surface area contributed by atoms with Crippen LogP contribution in [0.1, 0.15) is 40.0 Å². The van der Waals surface area contributed by atoms with E-state index in [2.05, 4.69) is 11.4 Å². The number of hydrogen-bond donors (Lipinski definition) is 1. The van der Waals surface area contributed by atoms with E-state index in [1.807, 2.05) is 4.90 Å². The predicted octanol–water partition coefficient (Wildman–Crippen LogP) is 0.241. The third kappa shape index (κ3) is 3.94. The number of carbonyl (C=O) groups excluding carboxylic acids is 6. The number of piperazine rings is 1. The number of likely N-dealkylation sites (N-methyl/N-ethyl adjacent to an activating group) is 1. The number of nitrogens with one attached hydrogen (secondary N) is 1. The molecule has 0 aromatic heterocycles. The van der Waals surface area contributed by atoms with Crippen LogP contribution in [0.5, 0.6) is 0 Å². The van der Waals surface area contributed by atoms with Gasteiger partial charge in [0.2, 0.25) is 17.3 Å². The van der Waals surface area contributed by atoms with Crippen molar-refractivity contribution in [2.75, 3.05) is 27.8 Å². The molecule has 1 N–H and O–H groups in total. The van der Waals surface area contributed by atoms with Gasteiger partial charge in [0.25, 0.3) is 5.91 Å². The first-order valence-electron chi connectivity index (χ1n) is 13.8. The minimum atomic E-state index is -0.985. The van der Waals surface area contributed by atoms with E-state index in [-0.39, 0.29) is 71.0 Å². The van der Waals surface area contributed by atoms with Crippen LogP contribution < -0.4 is 5.32 Å². The third-order valence-electron chi connectivity index (χ3n) is 9.24. The second-order valence-corrected chi connectivity index (χ2v) is 11.1. The van der Waals surface area contributed by atoms with Crippen molar-refractivity contribution >= 4 is 34.8 Å². The Hall–Kier alpha value is -4.21. The van der Waals surface area contributed by atoms with Crippen molar-refractivity contribution in [3.05, 3.63) is 45.0 Å². The monoisotopic (exact) mass is 576 g/mol. The number of carbonyl (C=O) groups is 6. The van der Waals surface area contributed by atoms with Crippen LogP contribution in [0.3, 0.4) is 0 Å². The van der Waals surface area contributed by atoms with Crippen LogP contribution in [0.2, 0.25) is 0 Å². The highest BCUT2D eigenvalue weighted by atomic mass is 16.5. The first-order chi connectivity index (χ1) is 19.9.